The number of nitrogens with one attached hydrogen (secondary N) is 1. The minimum atomic E-state index is -3.42. The number of sulfonamides is 1. The third-order valence-corrected chi connectivity index (χ3v) is 4.93. The molecule has 0 heterocycles. The molecule has 0 fully saturated rings. The highest BCUT2D eigenvalue weighted by atomic mass is 32.2. The van der Waals surface area contributed by atoms with E-state index in [4.69, 9.17) is 5.73 Å². The van der Waals surface area contributed by atoms with Crippen LogP contribution in [0.5, 0.6) is 0 Å². The number of carbonyl (C=O) groups excluding carboxylic acids is 1. The molecule has 150 valence electrons. The van der Waals surface area contributed by atoms with Crippen molar-refractivity contribution < 1.29 is 18.3 Å². The van der Waals surface area contributed by atoms with Crippen LogP contribution in [0.2, 0.25) is 0 Å². The van der Waals surface area contributed by atoms with E-state index in [2.05, 4.69) is 5.32 Å². The normalized spacial score (nSPS) is 13.6. The van der Waals surface area contributed by atoms with Crippen LogP contribution in [0.4, 0.5) is 0 Å². The largest absolute Gasteiger partial charge is 0.394 e. The quantitative estimate of drug-likeness (QED) is 0.378. The average molecular weight is 396 g/mol. The Hall–Kier alpha value is -2.16. The van der Waals surface area contributed by atoms with Crippen LogP contribution in [0.25, 0.3) is 0 Å². The summed E-state index contributed by atoms with van der Waals surface area (Å²) in [5.74, 6) is -0.420. The molecule has 0 radical (unpaired) electrons. The summed E-state index contributed by atoms with van der Waals surface area (Å²) >= 11 is 0. The second-order valence-corrected chi connectivity index (χ2v) is 8.06. The van der Waals surface area contributed by atoms with Gasteiger partial charge in [0.25, 0.3) is 5.91 Å². The van der Waals surface area contributed by atoms with Crippen molar-refractivity contribution in [3.63, 3.8) is 0 Å². The van der Waals surface area contributed by atoms with Gasteiger partial charge in [-0.05, 0) is 24.5 Å². The first-order valence-electron chi connectivity index (χ1n) is 8.82. The zero-order valence-corrected chi connectivity index (χ0v) is 16.7. The van der Waals surface area contributed by atoms with Gasteiger partial charge in [0, 0.05) is 24.9 Å². The molecule has 8 heteroatoms. The van der Waals surface area contributed by atoms with Crippen molar-refractivity contribution in [2.75, 3.05) is 26.0 Å². The number of rotatable bonds is 11. The van der Waals surface area contributed by atoms with Crippen molar-refractivity contribution in [2.24, 2.45) is 5.73 Å². The summed E-state index contributed by atoms with van der Waals surface area (Å²) in [5.41, 5.74) is 6.77. The van der Waals surface area contributed by atoms with Crippen molar-refractivity contribution >= 4 is 15.9 Å². The highest BCUT2D eigenvalue weighted by molar-refractivity contribution is 7.88. The first kappa shape index (κ1) is 22.9. The van der Waals surface area contributed by atoms with Crippen LogP contribution >= 0.6 is 0 Å². The summed E-state index contributed by atoms with van der Waals surface area (Å²) in [6.07, 6.45) is 6.54. The Kier molecular flexibility index (Phi) is 9.77. The van der Waals surface area contributed by atoms with Gasteiger partial charge >= 0.3 is 0 Å². The van der Waals surface area contributed by atoms with Crippen molar-refractivity contribution in [3.8, 4) is 0 Å². The number of hydrogen-bond acceptors (Lipinski definition) is 5. The molecule has 1 atom stereocenters. The molecule has 0 aliphatic heterocycles. The first-order chi connectivity index (χ1) is 12.8. The lowest BCUT2D eigenvalue weighted by atomic mass is 10.1. The molecule has 1 aromatic rings. The Labute approximate surface area is 161 Å². The fraction of sp³-hybridized carbons (Fsp3) is 0.421. The first-order valence-corrected chi connectivity index (χ1v) is 10.7. The maximum absolute atomic E-state index is 12.5. The molecular weight excluding hydrogens is 366 g/mol. The molecule has 0 aromatic heterocycles. The summed E-state index contributed by atoms with van der Waals surface area (Å²) in [6, 6.07) is 9.05. The predicted molar refractivity (Wildman–Crippen MR) is 107 cm³/mol. The van der Waals surface area contributed by atoms with Gasteiger partial charge in [-0.2, -0.15) is 0 Å². The summed E-state index contributed by atoms with van der Waals surface area (Å²) in [6.45, 7) is 2.10. The van der Waals surface area contributed by atoms with Crippen LogP contribution in [0.3, 0.4) is 0 Å². The van der Waals surface area contributed by atoms with Gasteiger partial charge in [0.15, 0.2) is 0 Å². The van der Waals surface area contributed by atoms with E-state index >= 15 is 0 Å². The van der Waals surface area contributed by atoms with E-state index in [0.29, 0.717) is 19.4 Å². The monoisotopic (exact) mass is 395 g/mol. The van der Waals surface area contributed by atoms with Gasteiger partial charge in [-0.15, -0.1) is 0 Å². The number of amides is 1. The lowest BCUT2D eigenvalue weighted by Crippen LogP contribution is -2.39. The molecule has 0 aliphatic carbocycles. The highest BCUT2D eigenvalue weighted by Gasteiger charge is 2.16. The second kappa shape index (κ2) is 11.5. The fourth-order valence-corrected chi connectivity index (χ4v) is 3.22. The number of aliphatic hydroxyl groups excluding tert-OH is 1. The maximum atomic E-state index is 12.5. The van der Waals surface area contributed by atoms with Crippen LogP contribution in [0.15, 0.2) is 54.3 Å². The van der Waals surface area contributed by atoms with Gasteiger partial charge in [0.2, 0.25) is 10.0 Å². The SMILES string of the molecule is CCCN(C=C/C(=C\CN)C(=O)N[C@H](CO)Cc1ccccc1)S(C)(=O)=O. The lowest BCUT2D eigenvalue weighted by molar-refractivity contribution is -0.118. The van der Waals surface area contributed by atoms with E-state index in [1.165, 1.54) is 22.7 Å². The topological polar surface area (TPSA) is 113 Å². The Balaban J connectivity index is 2.87. The van der Waals surface area contributed by atoms with Crippen LogP contribution in [0, 0.1) is 0 Å². The molecule has 7 nitrogen and oxygen atoms in total. The smallest absolute Gasteiger partial charge is 0.251 e. The fourth-order valence-electron chi connectivity index (χ4n) is 2.43. The Bertz CT molecular complexity index is 745. The van der Waals surface area contributed by atoms with Crippen molar-refractivity contribution in [1.29, 1.82) is 0 Å². The van der Waals surface area contributed by atoms with Crippen molar-refractivity contribution in [1.82, 2.24) is 9.62 Å². The molecule has 1 aromatic carbocycles. The molecule has 0 bridgehead atoms. The molecule has 0 aliphatic rings. The van der Waals surface area contributed by atoms with Crippen LogP contribution in [-0.2, 0) is 21.2 Å². The molecule has 0 spiro atoms. The number of aliphatic hydroxyl groups is 1. The average Bonchev–Trinajstić information content (AvgIpc) is 2.63. The molecule has 27 heavy (non-hydrogen) atoms. The van der Waals surface area contributed by atoms with Gasteiger partial charge in [-0.3, -0.25) is 9.10 Å². The van der Waals surface area contributed by atoms with Gasteiger partial charge in [-0.25, -0.2) is 8.42 Å². The molecule has 0 saturated carbocycles. The van der Waals surface area contributed by atoms with Gasteiger partial charge < -0.3 is 16.2 Å². The highest BCUT2D eigenvalue weighted by Crippen LogP contribution is 2.07. The van der Waals surface area contributed by atoms with Gasteiger partial charge in [-0.1, -0.05) is 43.3 Å². The van der Waals surface area contributed by atoms with E-state index in [-0.39, 0.29) is 18.7 Å². The molecular formula is C19H29N3O4S. The van der Waals surface area contributed by atoms with E-state index in [1.54, 1.807) is 0 Å². The summed E-state index contributed by atoms with van der Waals surface area (Å²) in [4.78, 5) is 12.5. The zero-order chi connectivity index (χ0) is 20.3. The Morgan fingerprint density at radius 3 is 2.52 bits per heavy atom. The van der Waals surface area contributed by atoms with Crippen LogP contribution in [-0.4, -0.2) is 55.7 Å². The van der Waals surface area contributed by atoms with E-state index < -0.39 is 22.0 Å². The van der Waals surface area contributed by atoms with Gasteiger partial charge in [0.05, 0.1) is 18.9 Å². The molecule has 0 unspecified atom stereocenters. The van der Waals surface area contributed by atoms with Crippen molar-refractivity contribution in [2.45, 2.75) is 25.8 Å². The number of benzene rings is 1. The number of nitrogens with zero attached hydrogens (tertiary/aromatic N) is 1. The second-order valence-electron chi connectivity index (χ2n) is 6.13. The maximum Gasteiger partial charge on any atom is 0.251 e. The predicted octanol–water partition coefficient (Wildman–Crippen LogP) is 0.777. The number of hydrogen-bond donors (Lipinski definition) is 3. The van der Waals surface area contributed by atoms with Crippen LogP contribution in [0.1, 0.15) is 18.9 Å². The summed E-state index contributed by atoms with van der Waals surface area (Å²) in [5, 5.41) is 12.3. The standard InChI is InChI=1S/C19H29N3O4S/c1-3-12-22(27(2,25)26)13-10-17(9-11-20)19(24)21-18(15-23)14-16-7-5-4-6-8-16/h4-10,13,18,23H,3,11-12,14-15,20H2,1-2H3,(H,21,24)/b13-10?,17-9+/t18-/m0/s1. The lowest BCUT2D eigenvalue weighted by Gasteiger charge is -2.18. The zero-order valence-electron chi connectivity index (χ0n) is 15.8. The summed E-state index contributed by atoms with van der Waals surface area (Å²) < 4.78 is 24.8. The molecule has 0 saturated heterocycles. The number of carbonyl (C=O) groups is 1. The molecule has 1 amide bonds. The molecule has 4 N–H and O–H groups in total. The van der Waals surface area contributed by atoms with Crippen molar-refractivity contribution in [3.05, 3.63) is 59.8 Å². The number of nitrogens with two attached hydrogens (primary N) is 1. The Morgan fingerprint density at radius 1 is 1.33 bits per heavy atom. The van der Waals surface area contributed by atoms with Crippen LogP contribution < -0.4 is 11.1 Å². The minimum Gasteiger partial charge on any atom is -0.394 e. The Morgan fingerprint density at radius 2 is 2.00 bits per heavy atom. The third-order valence-electron chi connectivity index (χ3n) is 3.77. The van der Waals surface area contributed by atoms with E-state index in [1.807, 2.05) is 37.3 Å². The molecule has 1 rings (SSSR count). The van der Waals surface area contributed by atoms with Gasteiger partial charge in [0.1, 0.15) is 0 Å². The summed E-state index contributed by atoms with van der Waals surface area (Å²) in [7, 11) is -3.42. The third kappa shape index (κ3) is 8.38. The van der Waals surface area contributed by atoms with E-state index in [0.717, 1.165) is 11.8 Å². The minimum absolute atomic E-state index is 0.127. The van der Waals surface area contributed by atoms with E-state index in [9.17, 15) is 18.3 Å².